The molecule has 1 atom stereocenters. The summed E-state index contributed by atoms with van der Waals surface area (Å²) in [5, 5.41) is 13.4. The van der Waals surface area contributed by atoms with Crippen LogP contribution in [0.1, 0.15) is 25.5 Å². The Morgan fingerprint density at radius 1 is 1.35 bits per heavy atom. The zero-order valence-corrected chi connectivity index (χ0v) is 12.8. The highest BCUT2D eigenvalue weighted by molar-refractivity contribution is 6.30. The van der Waals surface area contributed by atoms with Crippen LogP contribution in [0.3, 0.4) is 0 Å². The standard InChI is InChI=1S/C15H22ClFN2O/c1-15(2,10-20)14(19-5-3-18-4-6-19)11-7-12(16)9-13(17)8-11/h7-9,14,18,20H,3-6,10H2,1-2H3/t14-/m0/s1. The van der Waals surface area contributed by atoms with Gasteiger partial charge >= 0.3 is 0 Å². The fourth-order valence-corrected chi connectivity index (χ4v) is 3.15. The zero-order chi connectivity index (χ0) is 14.8. The van der Waals surface area contributed by atoms with E-state index in [4.69, 9.17) is 11.6 Å². The van der Waals surface area contributed by atoms with E-state index in [-0.39, 0.29) is 23.9 Å². The quantitative estimate of drug-likeness (QED) is 0.896. The van der Waals surface area contributed by atoms with Gasteiger partial charge in [-0.05, 0) is 23.8 Å². The predicted octanol–water partition coefficient (Wildman–Crippen LogP) is 2.44. The van der Waals surface area contributed by atoms with E-state index in [1.54, 1.807) is 6.07 Å². The molecule has 112 valence electrons. The maximum Gasteiger partial charge on any atom is 0.125 e. The van der Waals surface area contributed by atoms with Gasteiger partial charge in [-0.3, -0.25) is 4.90 Å². The number of hydrogen-bond acceptors (Lipinski definition) is 3. The van der Waals surface area contributed by atoms with Crippen molar-refractivity contribution in [2.75, 3.05) is 32.8 Å². The van der Waals surface area contributed by atoms with Gasteiger partial charge in [0.05, 0.1) is 0 Å². The van der Waals surface area contributed by atoms with Crippen molar-refractivity contribution >= 4 is 11.6 Å². The van der Waals surface area contributed by atoms with E-state index >= 15 is 0 Å². The SMILES string of the molecule is CC(C)(CO)[C@H](c1cc(F)cc(Cl)c1)N1CCNCC1. The number of hydrogen-bond donors (Lipinski definition) is 2. The molecule has 3 nitrogen and oxygen atoms in total. The van der Waals surface area contributed by atoms with E-state index in [0.717, 1.165) is 31.7 Å². The summed E-state index contributed by atoms with van der Waals surface area (Å²) in [6, 6.07) is 4.58. The van der Waals surface area contributed by atoms with Gasteiger partial charge in [-0.1, -0.05) is 25.4 Å². The first kappa shape index (κ1) is 15.7. The maximum absolute atomic E-state index is 13.7. The summed E-state index contributed by atoms with van der Waals surface area (Å²) in [5.41, 5.74) is 0.463. The van der Waals surface area contributed by atoms with Crippen molar-refractivity contribution < 1.29 is 9.50 Å². The molecule has 5 heteroatoms. The second-order valence-corrected chi connectivity index (χ2v) is 6.47. The van der Waals surface area contributed by atoms with Gasteiger partial charge in [-0.2, -0.15) is 0 Å². The number of aliphatic hydroxyl groups is 1. The van der Waals surface area contributed by atoms with E-state index in [1.807, 2.05) is 13.8 Å². The highest BCUT2D eigenvalue weighted by Gasteiger charge is 2.35. The Hall–Kier alpha value is -0.680. The lowest BCUT2D eigenvalue weighted by Gasteiger charge is -2.43. The highest BCUT2D eigenvalue weighted by Crippen LogP contribution is 2.39. The van der Waals surface area contributed by atoms with Gasteiger partial charge in [-0.15, -0.1) is 0 Å². The topological polar surface area (TPSA) is 35.5 Å². The molecule has 1 fully saturated rings. The summed E-state index contributed by atoms with van der Waals surface area (Å²) in [4.78, 5) is 2.29. The molecule has 20 heavy (non-hydrogen) atoms. The Labute approximate surface area is 124 Å². The van der Waals surface area contributed by atoms with E-state index in [9.17, 15) is 9.50 Å². The molecular formula is C15H22ClFN2O. The molecule has 1 saturated heterocycles. The molecule has 0 unspecified atom stereocenters. The van der Waals surface area contributed by atoms with Crippen molar-refractivity contribution in [2.24, 2.45) is 5.41 Å². The number of nitrogens with one attached hydrogen (secondary N) is 1. The minimum absolute atomic E-state index is 0.0374. The lowest BCUT2D eigenvalue weighted by Crippen LogP contribution is -2.49. The largest absolute Gasteiger partial charge is 0.396 e. The van der Waals surface area contributed by atoms with Crippen molar-refractivity contribution in [3.05, 3.63) is 34.6 Å². The molecule has 0 spiro atoms. The first-order valence-electron chi connectivity index (χ1n) is 6.95. The molecule has 1 aromatic rings. The summed E-state index contributed by atoms with van der Waals surface area (Å²) >= 11 is 5.99. The molecule has 0 saturated carbocycles. The van der Waals surface area contributed by atoms with Gasteiger partial charge in [0, 0.05) is 49.3 Å². The number of aliphatic hydroxyl groups excluding tert-OH is 1. The van der Waals surface area contributed by atoms with Crippen LogP contribution in [0.4, 0.5) is 4.39 Å². The zero-order valence-electron chi connectivity index (χ0n) is 12.0. The minimum atomic E-state index is -0.367. The Bertz CT molecular complexity index is 441. The average molecular weight is 301 g/mol. The van der Waals surface area contributed by atoms with Crippen LogP contribution in [-0.2, 0) is 0 Å². The molecule has 0 aliphatic carbocycles. The molecule has 0 amide bonds. The van der Waals surface area contributed by atoms with E-state index in [0.29, 0.717) is 5.02 Å². The molecule has 0 radical (unpaired) electrons. The Morgan fingerprint density at radius 3 is 2.55 bits per heavy atom. The second-order valence-electron chi connectivity index (χ2n) is 6.04. The predicted molar refractivity (Wildman–Crippen MR) is 79.5 cm³/mol. The molecule has 1 aliphatic heterocycles. The molecule has 2 N–H and O–H groups in total. The van der Waals surface area contributed by atoms with E-state index in [1.165, 1.54) is 12.1 Å². The molecule has 0 bridgehead atoms. The van der Waals surface area contributed by atoms with Crippen LogP contribution < -0.4 is 5.32 Å². The highest BCUT2D eigenvalue weighted by atomic mass is 35.5. The second kappa shape index (κ2) is 6.39. The maximum atomic E-state index is 13.7. The van der Waals surface area contributed by atoms with Crippen LogP contribution in [0.5, 0.6) is 0 Å². The summed E-state index contributed by atoms with van der Waals surface area (Å²) < 4.78 is 13.7. The van der Waals surface area contributed by atoms with Gasteiger partial charge in [0.25, 0.3) is 0 Å². The Morgan fingerprint density at radius 2 is 2.00 bits per heavy atom. The number of halogens is 2. The fourth-order valence-electron chi connectivity index (χ4n) is 2.92. The Balaban J connectivity index is 2.39. The fraction of sp³-hybridized carbons (Fsp3) is 0.600. The normalized spacial score (nSPS) is 19.1. The van der Waals surface area contributed by atoms with Crippen molar-refractivity contribution in [1.29, 1.82) is 0 Å². The van der Waals surface area contributed by atoms with Crippen LogP contribution in [0.25, 0.3) is 0 Å². The lowest BCUT2D eigenvalue weighted by atomic mass is 9.79. The van der Waals surface area contributed by atoms with E-state index < -0.39 is 0 Å². The first-order valence-corrected chi connectivity index (χ1v) is 7.33. The molecule has 2 rings (SSSR count). The molecule has 1 heterocycles. The van der Waals surface area contributed by atoms with Crippen molar-refractivity contribution in [1.82, 2.24) is 10.2 Å². The minimum Gasteiger partial charge on any atom is -0.396 e. The monoisotopic (exact) mass is 300 g/mol. The van der Waals surface area contributed by atoms with Gasteiger partial charge in [0.2, 0.25) is 0 Å². The van der Waals surface area contributed by atoms with Crippen molar-refractivity contribution in [3.8, 4) is 0 Å². The van der Waals surface area contributed by atoms with Crippen LogP contribution in [0, 0.1) is 11.2 Å². The summed E-state index contributed by atoms with van der Waals surface area (Å²) in [6.07, 6.45) is 0. The summed E-state index contributed by atoms with van der Waals surface area (Å²) in [7, 11) is 0. The lowest BCUT2D eigenvalue weighted by molar-refractivity contribution is 0.0304. The van der Waals surface area contributed by atoms with Crippen LogP contribution in [0.2, 0.25) is 5.02 Å². The number of benzene rings is 1. The van der Waals surface area contributed by atoms with Gasteiger partial charge in [-0.25, -0.2) is 4.39 Å². The van der Waals surface area contributed by atoms with Crippen LogP contribution in [0.15, 0.2) is 18.2 Å². The third-order valence-electron chi connectivity index (χ3n) is 3.87. The van der Waals surface area contributed by atoms with Gasteiger partial charge in [0.15, 0.2) is 0 Å². The first-order chi connectivity index (χ1) is 9.44. The van der Waals surface area contributed by atoms with Crippen LogP contribution in [-0.4, -0.2) is 42.8 Å². The van der Waals surface area contributed by atoms with E-state index in [2.05, 4.69) is 10.2 Å². The average Bonchev–Trinajstić information content (AvgIpc) is 2.39. The number of nitrogens with zero attached hydrogens (tertiary/aromatic N) is 1. The van der Waals surface area contributed by atoms with Gasteiger partial charge in [0.1, 0.15) is 5.82 Å². The number of rotatable bonds is 4. The summed E-state index contributed by atoms with van der Waals surface area (Å²) in [6.45, 7) is 7.60. The smallest absolute Gasteiger partial charge is 0.125 e. The van der Waals surface area contributed by atoms with Crippen molar-refractivity contribution in [3.63, 3.8) is 0 Å². The molecule has 0 aromatic heterocycles. The summed E-state index contributed by atoms with van der Waals surface area (Å²) in [5.74, 6) is -0.332. The van der Waals surface area contributed by atoms with Crippen LogP contribution >= 0.6 is 11.6 Å². The van der Waals surface area contributed by atoms with Crippen molar-refractivity contribution in [2.45, 2.75) is 19.9 Å². The number of piperazine rings is 1. The molecular weight excluding hydrogens is 279 g/mol. The van der Waals surface area contributed by atoms with Gasteiger partial charge < -0.3 is 10.4 Å². The molecule has 1 aliphatic rings. The molecule has 1 aromatic carbocycles. The Kier molecular flexibility index (Phi) is 5.02. The third-order valence-corrected chi connectivity index (χ3v) is 4.08. The third kappa shape index (κ3) is 3.50.